The summed E-state index contributed by atoms with van der Waals surface area (Å²) in [5.74, 6) is -1.00. The van der Waals surface area contributed by atoms with Crippen LogP contribution in [0, 0.1) is 5.92 Å². The molecule has 2 N–H and O–H groups in total. The van der Waals surface area contributed by atoms with Gasteiger partial charge in [0.15, 0.2) is 6.61 Å². The van der Waals surface area contributed by atoms with E-state index in [0.717, 1.165) is 18.8 Å². The van der Waals surface area contributed by atoms with E-state index in [-0.39, 0.29) is 5.92 Å². The van der Waals surface area contributed by atoms with Crippen LogP contribution in [-0.4, -0.2) is 44.1 Å². The minimum atomic E-state index is -0.672. The van der Waals surface area contributed by atoms with E-state index >= 15 is 0 Å². The quantitative estimate of drug-likeness (QED) is 0.702. The Kier molecular flexibility index (Phi) is 8.46. The maximum absolute atomic E-state index is 12.0. The smallest absolute Gasteiger partial charge is 0.338 e. The van der Waals surface area contributed by atoms with Gasteiger partial charge in [-0.1, -0.05) is 13.8 Å². The largest absolute Gasteiger partial charge is 0.452 e. The molecule has 7 heteroatoms. The number of anilines is 1. The van der Waals surface area contributed by atoms with Crippen LogP contribution in [0.3, 0.4) is 0 Å². The highest BCUT2D eigenvalue weighted by Gasteiger charge is 2.13. The summed E-state index contributed by atoms with van der Waals surface area (Å²) < 4.78 is 4.92. The molecule has 0 heterocycles. The maximum Gasteiger partial charge on any atom is 0.338 e. The van der Waals surface area contributed by atoms with E-state index in [1.807, 2.05) is 26.0 Å². The number of imide groups is 1. The maximum atomic E-state index is 12.0. The van der Waals surface area contributed by atoms with Crippen molar-refractivity contribution in [2.45, 2.75) is 27.7 Å². The molecule has 0 saturated heterocycles. The summed E-state index contributed by atoms with van der Waals surface area (Å²) in [6.45, 7) is 9.69. The van der Waals surface area contributed by atoms with Crippen LogP contribution in [0.5, 0.6) is 0 Å². The van der Waals surface area contributed by atoms with E-state index in [1.165, 1.54) is 0 Å². The van der Waals surface area contributed by atoms with E-state index < -0.39 is 24.5 Å². The zero-order valence-corrected chi connectivity index (χ0v) is 15.3. The Morgan fingerprint density at radius 3 is 2.20 bits per heavy atom. The van der Waals surface area contributed by atoms with Crippen LogP contribution in [0.4, 0.5) is 10.5 Å². The Hall–Kier alpha value is -2.57. The summed E-state index contributed by atoms with van der Waals surface area (Å²) in [5.41, 5.74) is 1.37. The van der Waals surface area contributed by atoms with Gasteiger partial charge in [0.1, 0.15) is 0 Å². The van der Waals surface area contributed by atoms with Gasteiger partial charge in [-0.15, -0.1) is 0 Å². The molecule has 0 aliphatic carbocycles. The van der Waals surface area contributed by atoms with Crippen LogP contribution < -0.4 is 15.5 Å². The van der Waals surface area contributed by atoms with E-state index in [0.29, 0.717) is 12.1 Å². The number of nitrogens with one attached hydrogen (secondary N) is 2. The number of benzene rings is 1. The number of urea groups is 1. The molecule has 0 saturated carbocycles. The normalized spacial score (nSPS) is 10.3. The molecule has 138 valence electrons. The molecule has 25 heavy (non-hydrogen) atoms. The molecule has 0 unspecified atom stereocenters. The van der Waals surface area contributed by atoms with Crippen LogP contribution in [0.25, 0.3) is 0 Å². The van der Waals surface area contributed by atoms with Gasteiger partial charge in [0.25, 0.3) is 5.91 Å². The SMILES string of the molecule is CCN(CC)c1ccc(C(=O)OCC(=O)NC(=O)NCC(C)C)cc1. The minimum absolute atomic E-state index is 0.276. The topological polar surface area (TPSA) is 87.7 Å². The van der Waals surface area contributed by atoms with Crippen LogP contribution in [-0.2, 0) is 9.53 Å². The second-order valence-electron chi connectivity index (χ2n) is 5.95. The van der Waals surface area contributed by atoms with Crippen molar-refractivity contribution in [3.63, 3.8) is 0 Å². The second-order valence-corrected chi connectivity index (χ2v) is 5.95. The van der Waals surface area contributed by atoms with Gasteiger partial charge in [0.05, 0.1) is 5.56 Å². The van der Waals surface area contributed by atoms with Gasteiger partial charge in [-0.05, 0) is 44.0 Å². The number of carbonyl (C=O) groups excluding carboxylic acids is 3. The number of ether oxygens (including phenoxy) is 1. The fourth-order valence-electron chi connectivity index (χ4n) is 2.12. The Bertz CT molecular complexity index is 580. The van der Waals surface area contributed by atoms with Crippen molar-refractivity contribution in [3.8, 4) is 0 Å². The third-order valence-electron chi connectivity index (χ3n) is 3.49. The van der Waals surface area contributed by atoms with Gasteiger partial charge in [0, 0.05) is 25.3 Å². The lowest BCUT2D eigenvalue weighted by atomic mass is 10.2. The first-order chi connectivity index (χ1) is 11.9. The summed E-state index contributed by atoms with van der Waals surface area (Å²) in [6, 6.07) is 6.39. The summed E-state index contributed by atoms with van der Waals surface area (Å²) >= 11 is 0. The third-order valence-corrected chi connectivity index (χ3v) is 3.49. The lowest BCUT2D eigenvalue weighted by molar-refractivity contribution is -0.123. The molecule has 0 spiro atoms. The third kappa shape index (κ3) is 7.24. The zero-order chi connectivity index (χ0) is 18.8. The lowest BCUT2D eigenvalue weighted by Crippen LogP contribution is -2.42. The molecule has 0 bridgehead atoms. The molecule has 1 rings (SSSR count). The Labute approximate surface area is 148 Å². The molecule has 1 aromatic rings. The molecule has 0 radical (unpaired) electrons. The van der Waals surface area contributed by atoms with Crippen molar-refractivity contribution in [1.82, 2.24) is 10.6 Å². The van der Waals surface area contributed by atoms with Gasteiger partial charge in [-0.25, -0.2) is 9.59 Å². The molecular weight excluding hydrogens is 322 g/mol. The van der Waals surface area contributed by atoms with Crippen LogP contribution >= 0.6 is 0 Å². The number of amides is 3. The second kappa shape index (κ2) is 10.3. The molecule has 7 nitrogen and oxygen atoms in total. The highest BCUT2D eigenvalue weighted by molar-refractivity contribution is 5.97. The van der Waals surface area contributed by atoms with E-state index in [4.69, 9.17) is 4.74 Å². The van der Waals surface area contributed by atoms with Crippen molar-refractivity contribution in [3.05, 3.63) is 29.8 Å². The van der Waals surface area contributed by atoms with Gasteiger partial charge in [-0.2, -0.15) is 0 Å². The standard InChI is InChI=1S/C18H27N3O4/c1-5-21(6-2)15-9-7-14(8-10-15)17(23)25-12-16(22)20-18(24)19-11-13(3)4/h7-10,13H,5-6,11-12H2,1-4H3,(H2,19,20,22,24). The number of hydrogen-bond acceptors (Lipinski definition) is 5. The molecule has 1 aromatic carbocycles. The first-order valence-corrected chi connectivity index (χ1v) is 8.47. The average molecular weight is 349 g/mol. The number of rotatable bonds is 8. The molecule has 0 fully saturated rings. The number of carbonyl (C=O) groups is 3. The van der Waals surface area contributed by atoms with Crippen molar-refractivity contribution in [2.75, 3.05) is 31.1 Å². The summed E-state index contributed by atoms with van der Waals surface area (Å²) in [5, 5.41) is 4.65. The van der Waals surface area contributed by atoms with Crippen LogP contribution in [0.15, 0.2) is 24.3 Å². The van der Waals surface area contributed by atoms with Gasteiger partial charge < -0.3 is 15.0 Å². The first-order valence-electron chi connectivity index (χ1n) is 8.47. The van der Waals surface area contributed by atoms with Crippen molar-refractivity contribution < 1.29 is 19.1 Å². The van der Waals surface area contributed by atoms with Gasteiger partial charge in [0.2, 0.25) is 0 Å². The Balaban J connectivity index is 2.45. The Morgan fingerprint density at radius 2 is 1.68 bits per heavy atom. The first kappa shape index (κ1) is 20.5. The van der Waals surface area contributed by atoms with Crippen molar-refractivity contribution in [1.29, 1.82) is 0 Å². The number of esters is 1. The van der Waals surface area contributed by atoms with Gasteiger partial charge in [-0.3, -0.25) is 10.1 Å². The Morgan fingerprint density at radius 1 is 1.08 bits per heavy atom. The molecular formula is C18H27N3O4. The molecule has 0 atom stereocenters. The lowest BCUT2D eigenvalue weighted by Gasteiger charge is -2.20. The predicted octanol–water partition coefficient (Wildman–Crippen LogP) is 2.17. The summed E-state index contributed by atoms with van der Waals surface area (Å²) in [4.78, 5) is 37.1. The van der Waals surface area contributed by atoms with Crippen molar-refractivity contribution in [2.24, 2.45) is 5.92 Å². The molecule has 3 amide bonds. The molecule has 0 aliphatic rings. The zero-order valence-electron chi connectivity index (χ0n) is 15.3. The minimum Gasteiger partial charge on any atom is -0.452 e. The van der Waals surface area contributed by atoms with E-state index in [2.05, 4.69) is 29.4 Å². The average Bonchev–Trinajstić information content (AvgIpc) is 2.59. The monoisotopic (exact) mass is 349 g/mol. The predicted molar refractivity (Wildman–Crippen MR) is 96.7 cm³/mol. The number of hydrogen-bond donors (Lipinski definition) is 2. The molecule has 0 aromatic heterocycles. The van der Waals surface area contributed by atoms with Gasteiger partial charge >= 0.3 is 12.0 Å². The van der Waals surface area contributed by atoms with Crippen molar-refractivity contribution >= 4 is 23.6 Å². The van der Waals surface area contributed by atoms with E-state index in [9.17, 15) is 14.4 Å². The highest BCUT2D eigenvalue weighted by Crippen LogP contribution is 2.15. The highest BCUT2D eigenvalue weighted by atomic mass is 16.5. The molecule has 0 aliphatic heterocycles. The summed E-state index contributed by atoms with van der Waals surface area (Å²) in [7, 11) is 0. The van der Waals surface area contributed by atoms with E-state index in [1.54, 1.807) is 12.1 Å². The fraction of sp³-hybridized carbons (Fsp3) is 0.500. The fourth-order valence-corrected chi connectivity index (χ4v) is 2.12. The van der Waals surface area contributed by atoms with Crippen LogP contribution in [0.1, 0.15) is 38.1 Å². The van der Waals surface area contributed by atoms with Crippen LogP contribution in [0.2, 0.25) is 0 Å². The summed E-state index contributed by atoms with van der Waals surface area (Å²) in [6.07, 6.45) is 0. The number of nitrogens with zero attached hydrogens (tertiary/aromatic N) is 1.